The van der Waals surface area contributed by atoms with Gasteiger partial charge in [-0.3, -0.25) is 14.5 Å². The number of ether oxygens (including phenoxy) is 1. The third-order valence-corrected chi connectivity index (χ3v) is 8.18. The van der Waals surface area contributed by atoms with Gasteiger partial charge in [-0.15, -0.1) is 0 Å². The molecular formula is C31H39F2N5O3. The lowest BCUT2D eigenvalue weighted by Crippen LogP contribution is -2.44. The Labute approximate surface area is 240 Å². The maximum Gasteiger partial charge on any atom is 0.281 e. The molecule has 0 radical (unpaired) electrons. The molecule has 1 aliphatic carbocycles. The number of hydrogen-bond acceptors (Lipinski definition) is 5. The van der Waals surface area contributed by atoms with Gasteiger partial charge in [-0.2, -0.15) is 4.99 Å². The smallest absolute Gasteiger partial charge is 0.281 e. The summed E-state index contributed by atoms with van der Waals surface area (Å²) in [5.41, 5.74) is 1.50. The standard InChI is InChI=1S/C31H39F2N5O3/c1-20(2)35-30(39)21-6-9-24(10-7-21)38-27-18-29(41-15-14-37-12-4-3-5-13-37)34-19-22(27)16-28(38)36-31(40)25-11-8-23(32)17-26(25)33/h8,11,17-21,24H,3-7,9-10,12-16H2,1-2H3,(H,35,39). The highest BCUT2D eigenvalue weighted by molar-refractivity contribution is 6.12. The first-order valence-corrected chi connectivity index (χ1v) is 14.8. The second kappa shape index (κ2) is 13.1. The normalized spacial score (nSPS) is 22.2. The molecule has 1 saturated heterocycles. The topological polar surface area (TPSA) is 87.1 Å². The van der Waals surface area contributed by atoms with E-state index in [4.69, 9.17) is 4.74 Å². The number of amidine groups is 1. The minimum atomic E-state index is -0.941. The Morgan fingerprint density at radius 3 is 2.56 bits per heavy atom. The second-order valence-electron chi connectivity index (χ2n) is 11.6. The van der Waals surface area contributed by atoms with Crippen LogP contribution in [0.1, 0.15) is 74.7 Å². The maximum absolute atomic E-state index is 14.4. The number of pyridine rings is 1. The summed E-state index contributed by atoms with van der Waals surface area (Å²) in [7, 11) is 0. The monoisotopic (exact) mass is 567 g/mol. The maximum atomic E-state index is 14.4. The molecule has 2 aromatic rings. The fourth-order valence-corrected chi connectivity index (χ4v) is 6.09. The van der Waals surface area contributed by atoms with Crippen LogP contribution < -0.4 is 15.0 Å². The van der Waals surface area contributed by atoms with Gasteiger partial charge < -0.3 is 15.0 Å². The van der Waals surface area contributed by atoms with Crippen LogP contribution in [-0.4, -0.2) is 65.9 Å². The van der Waals surface area contributed by atoms with E-state index in [1.165, 1.54) is 19.3 Å². The van der Waals surface area contributed by atoms with Crippen molar-refractivity contribution >= 4 is 23.3 Å². The summed E-state index contributed by atoms with van der Waals surface area (Å²) in [5.74, 6) is -1.43. The number of aliphatic imine (C=N–C) groups is 1. The van der Waals surface area contributed by atoms with E-state index < -0.39 is 17.5 Å². The van der Waals surface area contributed by atoms with E-state index in [1.54, 1.807) is 6.20 Å². The molecule has 2 aliphatic heterocycles. The second-order valence-corrected chi connectivity index (χ2v) is 11.6. The Morgan fingerprint density at radius 1 is 1.10 bits per heavy atom. The van der Waals surface area contributed by atoms with E-state index in [2.05, 4.69) is 20.2 Å². The Morgan fingerprint density at radius 2 is 1.85 bits per heavy atom. The van der Waals surface area contributed by atoms with Crippen LogP contribution in [0.5, 0.6) is 5.88 Å². The first-order valence-electron chi connectivity index (χ1n) is 14.8. The molecule has 0 bridgehead atoms. The van der Waals surface area contributed by atoms with Gasteiger partial charge in [0, 0.05) is 54.9 Å². The van der Waals surface area contributed by atoms with Gasteiger partial charge in [-0.05, 0) is 77.6 Å². The minimum absolute atomic E-state index is 0.00700. The summed E-state index contributed by atoms with van der Waals surface area (Å²) in [6.45, 7) is 7.47. The van der Waals surface area contributed by atoms with Crippen LogP contribution in [-0.2, 0) is 11.2 Å². The predicted molar refractivity (Wildman–Crippen MR) is 153 cm³/mol. The van der Waals surface area contributed by atoms with Crippen molar-refractivity contribution in [2.24, 2.45) is 10.9 Å². The van der Waals surface area contributed by atoms with Crippen LogP contribution in [0, 0.1) is 17.6 Å². The van der Waals surface area contributed by atoms with Gasteiger partial charge in [0.05, 0.1) is 11.3 Å². The Balaban J connectivity index is 1.36. The van der Waals surface area contributed by atoms with E-state index in [-0.39, 0.29) is 29.5 Å². The van der Waals surface area contributed by atoms with Gasteiger partial charge in [-0.25, -0.2) is 13.8 Å². The largest absolute Gasteiger partial charge is 0.476 e. The number of hydrogen-bond donors (Lipinski definition) is 1. The number of carbonyl (C=O) groups is 2. The number of nitrogens with zero attached hydrogens (tertiary/aromatic N) is 4. The molecule has 41 heavy (non-hydrogen) atoms. The zero-order valence-corrected chi connectivity index (χ0v) is 23.9. The van der Waals surface area contributed by atoms with Crippen molar-refractivity contribution in [2.75, 3.05) is 31.1 Å². The van der Waals surface area contributed by atoms with Crippen molar-refractivity contribution in [3.63, 3.8) is 0 Å². The van der Waals surface area contributed by atoms with Crippen molar-refractivity contribution in [3.8, 4) is 5.88 Å². The van der Waals surface area contributed by atoms with Gasteiger partial charge in [0.2, 0.25) is 11.8 Å². The molecule has 1 aromatic carbocycles. The number of benzene rings is 1. The van der Waals surface area contributed by atoms with Crippen molar-refractivity contribution in [2.45, 2.75) is 77.3 Å². The van der Waals surface area contributed by atoms with E-state index in [9.17, 15) is 18.4 Å². The third kappa shape index (κ3) is 7.09. The average molecular weight is 568 g/mol. The molecule has 2 amide bonds. The van der Waals surface area contributed by atoms with Crippen LogP contribution in [0.25, 0.3) is 0 Å². The fraction of sp³-hybridized carbons (Fsp3) is 0.548. The molecule has 8 nitrogen and oxygen atoms in total. The van der Waals surface area contributed by atoms with E-state index in [1.807, 2.05) is 24.8 Å². The molecule has 1 aromatic heterocycles. The van der Waals surface area contributed by atoms with Crippen LogP contribution >= 0.6 is 0 Å². The number of aromatic nitrogens is 1. The van der Waals surface area contributed by atoms with E-state index >= 15 is 0 Å². The third-order valence-electron chi connectivity index (χ3n) is 8.18. The summed E-state index contributed by atoms with van der Waals surface area (Å²) in [6.07, 6.45) is 8.74. The Kier molecular flexibility index (Phi) is 9.27. The quantitative estimate of drug-likeness (QED) is 0.488. The number of anilines is 1. The Bertz CT molecular complexity index is 1290. The summed E-state index contributed by atoms with van der Waals surface area (Å²) < 4.78 is 33.9. The van der Waals surface area contributed by atoms with Gasteiger partial charge in [0.15, 0.2) is 0 Å². The van der Waals surface area contributed by atoms with Gasteiger partial charge in [-0.1, -0.05) is 6.42 Å². The molecule has 3 aliphatic rings. The summed E-state index contributed by atoms with van der Waals surface area (Å²) >= 11 is 0. The molecular weight excluding hydrogens is 528 g/mol. The number of halogens is 2. The van der Waals surface area contributed by atoms with Crippen molar-refractivity contribution in [1.82, 2.24) is 15.2 Å². The minimum Gasteiger partial charge on any atom is -0.476 e. The summed E-state index contributed by atoms with van der Waals surface area (Å²) in [5, 5.41) is 3.01. The molecule has 0 spiro atoms. The SMILES string of the molecule is CC(C)NC(=O)C1CCC(N2C(=NC(=O)c3ccc(F)cc3F)Cc3cnc(OCCN4CCCCC4)cc32)CC1. The van der Waals surface area contributed by atoms with Crippen molar-refractivity contribution in [1.29, 1.82) is 0 Å². The number of amides is 2. The van der Waals surface area contributed by atoms with Crippen molar-refractivity contribution in [3.05, 3.63) is 53.2 Å². The lowest BCUT2D eigenvalue weighted by atomic mass is 9.84. The number of likely N-dealkylation sites (tertiary alicyclic amines) is 1. The van der Waals surface area contributed by atoms with Crippen LogP contribution in [0.3, 0.4) is 0 Å². The molecule has 0 atom stereocenters. The molecule has 0 unspecified atom stereocenters. The number of rotatable bonds is 8. The van der Waals surface area contributed by atoms with Gasteiger partial charge in [0.1, 0.15) is 24.1 Å². The average Bonchev–Trinajstić information content (AvgIpc) is 3.30. The highest BCUT2D eigenvalue weighted by atomic mass is 19.1. The molecule has 220 valence electrons. The number of nitrogens with one attached hydrogen (secondary N) is 1. The van der Waals surface area contributed by atoms with Crippen LogP contribution in [0.15, 0.2) is 35.5 Å². The first-order chi connectivity index (χ1) is 19.8. The predicted octanol–water partition coefficient (Wildman–Crippen LogP) is 4.91. The van der Waals surface area contributed by atoms with Crippen LogP contribution in [0.4, 0.5) is 14.5 Å². The highest BCUT2D eigenvalue weighted by Gasteiger charge is 2.37. The molecule has 5 rings (SSSR count). The van der Waals surface area contributed by atoms with Crippen LogP contribution in [0.2, 0.25) is 0 Å². The molecule has 1 N–H and O–H groups in total. The lowest BCUT2D eigenvalue weighted by Gasteiger charge is -2.36. The van der Waals surface area contributed by atoms with Gasteiger partial charge in [0.25, 0.3) is 5.91 Å². The Hall–Kier alpha value is -3.40. The first kappa shape index (κ1) is 29.1. The zero-order valence-electron chi connectivity index (χ0n) is 23.9. The number of piperidine rings is 1. The lowest BCUT2D eigenvalue weighted by molar-refractivity contribution is -0.126. The van der Waals surface area contributed by atoms with Crippen molar-refractivity contribution < 1.29 is 23.1 Å². The zero-order chi connectivity index (χ0) is 28.9. The molecule has 1 saturated carbocycles. The highest BCUT2D eigenvalue weighted by Crippen LogP contribution is 2.38. The van der Waals surface area contributed by atoms with E-state index in [0.29, 0.717) is 43.7 Å². The number of fused-ring (bicyclic) bond motifs is 1. The number of carbonyl (C=O) groups excluding carboxylic acids is 2. The fourth-order valence-electron chi connectivity index (χ4n) is 6.09. The molecule has 3 heterocycles. The molecule has 2 fully saturated rings. The summed E-state index contributed by atoms with van der Waals surface area (Å²) in [6, 6.07) is 4.86. The summed E-state index contributed by atoms with van der Waals surface area (Å²) in [4.78, 5) is 39.0. The van der Waals surface area contributed by atoms with Gasteiger partial charge >= 0.3 is 0 Å². The van der Waals surface area contributed by atoms with E-state index in [0.717, 1.165) is 55.9 Å². The molecule has 10 heteroatoms.